The van der Waals surface area contributed by atoms with E-state index in [9.17, 15) is 17.6 Å². The summed E-state index contributed by atoms with van der Waals surface area (Å²) in [4.78, 5) is 14.3. The number of rotatable bonds is 5. The van der Waals surface area contributed by atoms with Gasteiger partial charge < -0.3 is 9.64 Å². The summed E-state index contributed by atoms with van der Waals surface area (Å²) >= 11 is 0. The van der Waals surface area contributed by atoms with Crippen LogP contribution in [0.25, 0.3) is 0 Å². The molecule has 2 aromatic rings. The van der Waals surface area contributed by atoms with Gasteiger partial charge in [-0.15, -0.1) is 0 Å². The Morgan fingerprint density at radius 1 is 1.18 bits per heavy atom. The van der Waals surface area contributed by atoms with E-state index >= 15 is 0 Å². The molecule has 1 saturated carbocycles. The summed E-state index contributed by atoms with van der Waals surface area (Å²) in [6.07, 6.45) is 1.68. The van der Waals surface area contributed by atoms with Crippen LogP contribution in [0.5, 0.6) is 5.75 Å². The first-order valence-corrected chi connectivity index (χ1v) is 10.7. The second-order valence-corrected chi connectivity index (χ2v) is 8.99. The molecule has 2 aliphatic rings. The smallest absolute Gasteiger partial charge is 0.263 e. The first-order chi connectivity index (χ1) is 13.3. The van der Waals surface area contributed by atoms with Gasteiger partial charge in [0.15, 0.2) is 6.10 Å². The van der Waals surface area contributed by atoms with Crippen LogP contribution in [0, 0.1) is 11.7 Å². The second-order valence-electron chi connectivity index (χ2n) is 7.30. The lowest BCUT2D eigenvalue weighted by atomic mass is 10.1. The highest BCUT2D eigenvalue weighted by Crippen LogP contribution is 2.34. The van der Waals surface area contributed by atoms with Crippen molar-refractivity contribution in [2.24, 2.45) is 5.92 Å². The number of hydrogen-bond donors (Lipinski definition) is 1. The number of ether oxygens (including phenoxy) is 1. The second kappa shape index (κ2) is 7.09. The van der Waals surface area contributed by atoms with E-state index in [-0.39, 0.29) is 10.8 Å². The molecule has 1 atom stereocenters. The maximum atomic E-state index is 13.1. The lowest BCUT2D eigenvalue weighted by Gasteiger charge is -2.22. The van der Waals surface area contributed by atoms with Crippen molar-refractivity contribution in [3.8, 4) is 5.75 Å². The van der Waals surface area contributed by atoms with Crippen molar-refractivity contribution in [3.63, 3.8) is 0 Å². The molecule has 1 fully saturated rings. The summed E-state index contributed by atoms with van der Waals surface area (Å²) in [5.41, 5.74) is 1.11. The minimum atomic E-state index is -3.85. The predicted octanol–water partition coefficient (Wildman–Crippen LogP) is 3.15. The number of carbonyl (C=O) groups is 1. The summed E-state index contributed by atoms with van der Waals surface area (Å²) in [7, 11) is -3.85. The minimum absolute atomic E-state index is 0.0285. The van der Waals surface area contributed by atoms with Crippen LogP contribution in [0.3, 0.4) is 0 Å². The highest BCUT2D eigenvalue weighted by atomic mass is 32.2. The largest absolute Gasteiger partial charge is 0.481 e. The first-order valence-electron chi connectivity index (χ1n) is 9.18. The quantitative estimate of drug-likeness (QED) is 0.831. The molecule has 0 bridgehead atoms. The molecule has 148 valence electrons. The van der Waals surface area contributed by atoms with Crippen molar-refractivity contribution < 1.29 is 22.3 Å². The average Bonchev–Trinajstić information content (AvgIpc) is 3.47. The number of hydrogen-bond acceptors (Lipinski definition) is 4. The molecule has 1 aliphatic heterocycles. The Balaban J connectivity index is 1.59. The minimum Gasteiger partial charge on any atom is -0.481 e. The van der Waals surface area contributed by atoms with Gasteiger partial charge in [-0.2, -0.15) is 0 Å². The van der Waals surface area contributed by atoms with Crippen molar-refractivity contribution in [1.29, 1.82) is 0 Å². The van der Waals surface area contributed by atoms with Gasteiger partial charge in [0, 0.05) is 24.3 Å². The van der Waals surface area contributed by atoms with Gasteiger partial charge in [-0.05, 0) is 68.1 Å². The molecule has 8 heteroatoms. The molecule has 0 radical (unpaired) electrons. The van der Waals surface area contributed by atoms with E-state index in [1.165, 1.54) is 12.1 Å². The lowest BCUT2D eigenvalue weighted by Crippen LogP contribution is -2.39. The molecule has 1 N–H and O–H groups in total. The molecule has 0 aromatic heterocycles. The molecule has 1 aliphatic carbocycles. The number of carbonyl (C=O) groups excluding carboxylic acids is 1. The fourth-order valence-electron chi connectivity index (χ4n) is 3.26. The Bertz CT molecular complexity index is 1000. The van der Waals surface area contributed by atoms with Crippen LogP contribution < -0.4 is 9.46 Å². The third-order valence-electron chi connectivity index (χ3n) is 4.94. The maximum Gasteiger partial charge on any atom is 0.263 e. The van der Waals surface area contributed by atoms with E-state index in [0.29, 0.717) is 30.4 Å². The molecule has 1 unspecified atom stereocenters. The standard InChI is InChI=1S/C20H21FN2O4S/c1-13-20(24)23(11-14-2-3-14)12-15-10-17(6-9-19(15)27-13)22-28(25,26)18-7-4-16(21)5-8-18/h4-10,13-14,22H,2-3,11-12H2,1H3. The third kappa shape index (κ3) is 3.96. The van der Waals surface area contributed by atoms with E-state index in [1.54, 1.807) is 30.0 Å². The number of benzene rings is 2. The monoisotopic (exact) mass is 404 g/mol. The Morgan fingerprint density at radius 3 is 2.57 bits per heavy atom. The Hall–Kier alpha value is -2.61. The summed E-state index contributed by atoms with van der Waals surface area (Å²) in [6, 6.07) is 9.56. The maximum absolute atomic E-state index is 13.1. The van der Waals surface area contributed by atoms with Crippen molar-refractivity contribution >= 4 is 21.6 Å². The van der Waals surface area contributed by atoms with Crippen molar-refractivity contribution in [3.05, 3.63) is 53.8 Å². The Morgan fingerprint density at radius 2 is 1.89 bits per heavy atom. The van der Waals surface area contributed by atoms with Gasteiger partial charge in [0.05, 0.1) is 4.90 Å². The van der Waals surface area contributed by atoms with Gasteiger partial charge in [-0.25, -0.2) is 12.8 Å². The molecular weight excluding hydrogens is 383 g/mol. The molecule has 1 amide bonds. The van der Waals surface area contributed by atoms with Gasteiger partial charge in [0.1, 0.15) is 11.6 Å². The lowest BCUT2D eigenvalue weighted by molar-refractivity contribution is -0.137. The summed E-state index contributed by atoms with van der Waals surface area (Å²) in [5, 5.41) is 0. The Kier molecular flexibility index (Phi) is 4.74. The van der Waals surface area contributed by atoms with Gasteiger partial charge in [-0.3, -0.25) is 9.52 Å². The molecule has 6 nitrogen and oxygen atoms in total. The van der Waals surface area contributed by atoms with Gasteiger partial charge in [0.2, 0.25) is 0 Å². The fourth-order valence-corrected chi connectivity index (χ4v) is 4.31. The van der Waals surface area contributed by atoms with Crippen LogP contribution in [-0.4, -0.2) is 31.9 Å². The number of fused-ring (bicyclic) bond motifs is 1. The third-order valence-corrected chi connectivity index (χ3v) is 6.33. The molecule has 0 saturated heterocycles. The zero-order valence-electron chi connectivity index (χ0n) is 15.4. The topological polar surface area (TPSA) is 75.7 Å². The molecular formula is C20H21FN2O4S. The summed E-state index contributed by atoms with van der Waals surface area (Å²) in [5.74, 6) is 0.550. The van der Waals surface area contributed by atoms with Crippen molar-refractivity contribution in [2.75, 3.05) is 11.3 Å². The van der Waals surface area contributed by atoms with Gasteiger partial charge in [-0.1, -0.05) is 0 Å². The first kappa shape index (κ1) is 18.7. The van der Waals surface area contributed by atoms with E-state index in [0.717, 1.165) is 30.5 Å². The zero-order valence-corrected chi connectivity index (χ0v) is 16.2. The van der Waals surface area contributed by atoms with Crippen LogP contribution in [0.1, 0.15) is 25.3 Å². The molecule has 1 heterocycles. The SMILES string of the molecule is CC1Oc2ccc(NS(=O)(=O)c3ccc(F)cc3)cc2CN(CC2CC2)C1=O. The van der Waals surface area contributed by atoms with Crippen LogP contribution >= 0.6 is 0 Å². The summed E-state index contributed by atoms with van der Waals surface area (Å²) in [6.45, 7) is 2.79. The molecule has 2 aromatic carbocycles. The Labute approximate surface area is 163 Å². The number of amides is 1. The highest BCUT2D eigenvalue weighted by Gasteiger charge is 2.32. The zero-order chi connectivity index (χ0) is 19.9. The van der Waals surface area contributed by atoms with Crippen LogP contribution in [0.4, 0.5) is 10.1 Å². The summed E-state index contributed by atoms with van der Waals surface area (Å²) < 4.78 is 46.4. The van der Waals surface area contributed by atoms with E-state index in [1.807, 2.05) is 0 Å². The molecule has 4 rings (SSSR count). The highest BCUT2D eigenvalue weighted by molar-refractivity contribution is 7.92. The average molecular weight is 404 g/mol. The van der Waals surface area contributed by atoms with Gasteiger partial charge >= 0.3 is 0 Å². The normalized spacial score (nSPS) is 19.6. The fraction of sp³-hybridized carbons (Fsp3) is 0.350. The molecule has 0 spiro atoms. The van der Waals surface area contributed by atoms with Gasteiger partial charge in [0.25, 0.3) is 15.9 Å². The molecule has 28 heavy (non-hydrogen) atoms. The van der Waals surface area contributed by atoms with Crippen LogP contribution in [-0.2, 0) is 21.4 Å². The number of nitrogens with zero attached hydrogens (tertiary/aromatic N) is 1. The predicted molar refractivity (Wildman–Crippen MR) is 102 cm³/mol. The number of anilines is 1. The van der Waals surface area contributed by atoms with Crippen LogP contribution in [0.15, 0.2) is 47.4 Å². The number of halogens is 1. The van der Waals surface area contributed by atoms with Crippen molar-refractivity contribution in [1.82, 2.24) is 4.90 Å². The van der Waals surface area contributed by atoms with E-state index in [4.69, 9.17) is 4.74 Å². The van der Waals surface area contributed by atoms with Crippen LogP contribution in [0.2, 0.25) is 0 Å². The number of sulfonamides is 1. The van der Waals surface area contributed by atoms with E-state index in [2.05, 4.69) is 4.72 Å². The van der Waals surface area contributed by atoms with E-state index < -0.39 is 21.9 Å². The number of nitrogens with one attached hydrogen (secondary N) is 1. The van der Waals surface area contributed by atoms with Crippen molar-refractivity contribution in [2.45, 2.75) is 37.3 Å².